The molecule has 0 radical (unpaired) electrons. The zero-order chi connectivity index (χ0) is 9.80. The summed E-state index contributed by atoms with van der Waals surface area (Å²) in [7, 11) is 0. The van der Waals surface area contributed by atoms with E-state index in [4.69, 9.17) is 5.26 Å². The van der Waals surface area contributed by atoms with Crippen LogP contribution in [0.5, 0.6) is 0 Å². The number of benzene rings is 1. The number of hydrogen-bond donors (Lipinski definition) is 0. The number of thioether (sulfide) groups is 1. The van der Waals surface area contributed by atoms with Gasteiger partial charge in [-0.2, -0.15) is 5.26 Å². The molecule has 2 rings (SSSR count). The van der Waals surface area contributed by atoms with Gasteiger partial charge in [-0.15, -0.1) is 11.8 Å². The van der Waals surface area contributed by atoms with E-state index in [1.54, 1.807) is 11.8 Å². The Balaban J connectivity index is 2.02. The lowest BCUT2D eigenvalue weighted by molar-refractivity contribution is 0.911. The number of hydrogen-bond acceptors (Lipinski definition) is 2. The van der Waals surface area contributed by atoms with Crippen molar-refractivity contribution in [2.24, 2.45) is 0 Å². The van der Waals surface area contributed by atoms with Crippen LogP contribution in [0.25, 0.3) is 0 Å². The largest absolute Gasteiger partial charge is 0.198 e. The van der Waals surface area contributed by atoms with Gasteiger partial charge in [-0.05, 0) is 42.5 Å². The van der Waals surface area contributed by atoms with Crippen LogP contribution in [-0.2, 0) is 12.8 Å². The Morgan fingerprint density at radius 2 is 2.14 bits per heavy atom. The first-order valence-corrected chi connectivity index (χ1v) is 6.00. The van der Waals surface area contributed by atoms with Crippen LogP contribution in [0.3, 0.4) is 0 Å². The van der Waals surface area contributed by atoms with E-state index in [9.17, 15) is 0 Å². The minimum atomic E-state index is 0.641. The van der Waals surface area contributed by atoms with Crippen molar-refractivity contribution >= 4 is 11.8 Å². The Labute approximate surface area is 89.1 Å². The summed E-state index contributed by atoms with van der Waals surface area (Å²) in [6.45, 7) is 0. The molecule has 0 N–H and O–H groups in total. The van der Waals surface area contributed by atoms with Crippen LogP contribution in [-0.4, -0.2) is 5.75 Å². The van der Waals surface area contributed by atoms with Gasteiger partial charge in [-0.1, -0.05) is 6.07 Å². The predicted molar refractivity (Wildman–Crippen MR) is 59.4 cm³/mol. The summed E-state index contributed by atoms with van der Waals surface area (Å²) in [6.07, 6.45) is 4.43. The molecule has 0 spiro atoms. The molecule has 0 atom stereocenters. The molecule has 0 aliphatic heterocycles. The van der Waals surface area contributed by atoms with E-state index in [1.165, 1.54) is 35.3 Å². The normalized spacial score (nSPS) is 13.6. The van der Waals surface area contributed by atoms with Gasteiger partial charge in [0.2, 0.25) is 0 Å². The van der Waals surface area contributed by atoms with Crippen LogP contribution in [0.2, 0.25) is 0 Å². The average Bonchev–Trinajstić information content (AvgIpc) is 2.65. The molecule has 0 amide bonds. The molecule has 1 aromatic carbocycles. The van der Waals surface area contributed by atoms with E-state index in [-0.39, 0.29) is 0 Å². The Hall–Kier alpha value is -0.940. The Kier molecular flexibility index (Phi) is 3.10. The molecule has 0 saturated heterocycles. The second kappa shape index (κ2) is 4.52. The van der Waals surface area contributed by atoms with E-state index in [1.807, 2.05) is 0 Å². The number of rotatable bonds is 3. The Morgan fingerprint density at radius 1 is 1.29 bits per heavy atom. The molecule has 72 valence electrons. The third kappa shape index (κ3) is 2.10. The Morgan fingerprint density at radius 3 is 3.00 bits per heavy atom. The summed E-state index contributed by atoms with van der Waals surface area (Å²) in [5.41, 5.74) is 3.04. The topological polar surface area (TPSA) is 23.8 Å². The van der Waals surface area contributed by atoms with E-state index in [0.29, 0.717) is 6.42 Å². The van der Waals surface area contributed by atoms with E-state index in [0.717, 1.165) is 5.75 Å². The maximum Gasteiger partial charge on any atom is 0.0630 e. The summed E-state index contributed by atoms with van der Waals surface area (Å²) in [4.78, 5) is 1.32. The van der Waals surface area contributed by atoms with Gasteiger partial charge in [0.15, 0.2) is 0 Å². The van der Waals surface area contributed by atoms with Crippen LogP contribution in [0.1, 0.15) is 24.0 Å². The smallest absolute Gasteiger partial charge is 0.0630 e. The molecule has 1 nitrogen and oxygen atoms in total. The maximum atomic E-state index is 8.44. The molecule has 0 aromatic heterocycles. The van der Waals surface area contributed by atoms with Crippen LogP contribution in [0.15, 0.2) is 23.1 Å². The van der Waals surface area contributed by atoms with Crippen molar-refractivity contribution in [1.29, 1.82) is 5.26 Å². The quantitative estimate of drug-likeness (QED) is 0.556. The lowest BCUT2D eigenvalue weighted by Crippen LogP contribution is -1.83. The SMILES string of the molecule is N#CCCSc1ccc2c(c1)CCC2. The van der Waals surface area contributed by atoms with Crippen molar-refractivity contribution in [1.82, 2.24) is 0 Å². The molecule has 2 heteroatoms. The first-order chi connectivity index (χ1) is 6.90. The molecular formula is C12H13NS. The minimum absolute atomic E-state index is 0.641. The van der Waals surface area contributed by atoms with Crippen molar-refractivity contribution in [2.75, 3.05) is 5.75 Å². The van der Waals surface area contributed by atoms with Gasteiger partial charge in [0.25, 0.3) is 0 Å². The summed E-state index contributed by atoms with van der Waals surface area (Å²) < 4.78 is 0. The molecular weight excluding hydrogens is 190 g/mol. The number of fused-ring (bicyclic) bond motifs is 1. The van der Waals surface area contributed by atoms with Crippen LogP contribution < -0.4 is 0 Å². The van der Waals surface area contributed by atoms with Gasteiger partial charge >= 0.3 is 0 Å². The molecule has 0 saturated carbocycles. The standard InChI is InChI=1S/C12H13NS/c13-7-2-8-14-12-6-5-10-3-1-4-11(10)9-12/h5-6,9H,1-4,8H2. The number of nitrogens with zero attached hydrogens (tertiary/aromatic N) is 1. The van der Waals surface area contributed by atoms with Crippen molar-refractivity contribution < 1.29 is 0 Å². The molecule has 14 heavy (non-hydrogen) atoms. The number of nitriles is 1. The highest BCUT2D eigenvalue weighted by Gasteiger charge is 2.10. The molecule has 1 aliphatic carbocycles. The fourth-order valence-electron chi connectivity index (χ4n) is 1.85. The van der Waals surface area contributed by atoms with Gasteiger partial charge in [0.05, 0.1) is 6.07 Å². The van der Waals surface area contributed by atoms with Gasteiger partial charge < -0.3 is 0 Å². The second-order valence-corrected chi connectivity index (χ2v) is 4.71. The van der Waals surface area contributed by atoms with E-state index < -0.39 is 0 Å². The highest BCUT2D eigenvalue weighted by Crippen LogP contribution is 2.27. The third-order valence-electron chi connectivity index (χ3n) is 2.55. The third-order valence-corrected chi connectivity index (χ3v) is 3.55. The fraction of sp³-hybridized carbons (Fsp3) is 0.417. The van der Waals surface area contributed by atoms with Crippen LogP contribution >= 0.6 is 11.8 Å². The summed E-state index contributed by atoms with van der Waals surface area (Å²) in [5, 5.41) is 8.44. The molecule has 1 aliphatic rings. The molecule has 0 unspecified atom stereocenters. The predicted octanol–water partition coefficient (Wildman–Crippen LogP) is 3.18. The van der Waals surface area contributed by atoms with Crippen molar-refractivity contribution in [2.45, 2.75) is 30.6 Å². The molecule has 0 heterocycles. The van der Waals surface area contributed by atoms with Gasteiger partial charge in [0, 0.05) is 17.1 Å². The van der Waals surface area contributed by atoms with Crippen molar-refractivity contribution in [3.8, 4) is 6.07 Å². The zero-order valence-electron chi connectivity index (χ0n) is 8.12. The van der Waals surface area contributed by atoms with Crippen molar-refractivity contribution in [3.63, 3.8) is 0 Å². The van der Waals surface area contributed by atoms with E-state index >= 15 is 0 Å². The number of aryl methyl sites for hydroxylation is 2. The maximum absolute atomic E-state index is 8.44. The van der Waals surface area contributed by atoms with Gasteiger partial charge in [0.1, 0.15) is 0 Å². The highest BCUT2D eigenvalue weighted by atomic mass is 32.2. The first-order valence-electron chi connectivity index (χ1n) is 5.02. The lowest BCUT2D eigenvalue weighted by atomic mass is 10.1. The van der Waals surface area contributed by atoms with Crippen molar-refractivity contribution in [3.05, 3.63) is 29.3 Å². The second-order valence-electron chi connectivity index (χ2n) is 3.54. The molecule has 0 fully saturated rings. The van der Waals surface area contributed by atoms with Gasteiger partial charge in [-0.3, -0.25) is 0 Å². The highest BCUT2D eigenvalue weighted by molar-refractivity contribution is 7.99. The minimum Gasteiger partial charge on any atom is -0.198 e. The molecule has 1 aromatic rings. The van der Waals surface area contributed by atoms with Crippen LogP contribution in [0.4, 0.5) is 0 Å². The summed E-state index contributed by atoms with van der Waals surface area (Å²) in [6, 6.07) is 8.90. The zero-order valence-corrected chi connectivity index (χ0v) is 8.94. The monoisotopic (exact) mass is 203 g/mol. The summed E-state index contributed by atoms with van der Waals surface area (Å²) >= 11 is 1.79. The lowest BCUT2D eigenvalue weighted by Gasteiger charge is -2.02. The Bertz CT molecular complexity index is 365. The van der Waals surface area contributed by atoms with Crippen LogP contribution in [0, 0.1) is 11.3 Å². The van der Waals surface area contributed by atoms with E-state index in [2.05, 4.69) is 24.3 Å². The first kappa shape index (κ1) is 9.61. The average molecular weight is 203 g/mol. The van der Waals surface area contributed by atoms with Gasteiger partial charge in [-0.25, -0.2) is 0 Å². The summed E-state index contributed by atoms with van der Waals surface area (Å²) in [5.74, 6) is 0.912. The fourth-order valence-corrected chi connectivity index (χ4v) is 2.67. The molecule has 0 bridgehead atoms.